The van der Waals surface area contributed by atoms with Crippen LogP contribution in [0.5, 0.6) is 0 Å². The van der Waals surface area contributed by atoms with E-state index in [-0.39, 0.29) is 0 Å². The topological polar surface area (TPSA) is 78.4 Å². The molecule has 1 aliphatic heterocycles. The van der Waals surface area contributed by atoms with Gasteiger partial charge >= 0.3 is 0 Å². The van der Waals surface area contributed by atoms with E-state index in [2.05, 4.69) is 3.74 Å². The van der Waals surface area contributed by atoms with Crippen molar-refractivity contribution in [3.8, 4) is 0 Å². The van der Waals surface area contributed by atoms with Crippen LogP contribution >= 0.6 is 22.4 Å². The van der Waals surface area contributed by atoms with Crippen molar-refractivity contribution in [3.63, 3.8) is 0 Å². The maximum Gasteiger partial charge on any atom is 0.143 e. The summed E-state index contributed by atoms with van der Waals surface area (Å²) in [6.07, 6.45) is 1.78. The summed E-state index contributed by atoms with van der Waals surface area (Å²) < 4.78 is 37.1. The molecule has 19 heavy (non-hydrogen) atoms. The third-order valence-electron chi connectivity index (χ3n) is 2.63. The lowest BCUT2D eigenvalue weighted by atomic mass is 10.0. The predicted octanol–water partition coefficient (Wildman–Crippen LogP) is 0.280. The second-order valence-electron chi connectivity index (χ2n) is 4.12. The van der Waals surface area contributed by atoms with Crippen molar-refractivity contribution in [2.24, 2.45) is 0 Å². The van der Waals surface area contributed by atoms with Gasteiger partial charge in [0.2, 0.25) is 0 Å². The Bertz CT molecular complexity index is 576. The highest BCUT2D eigenvalue weighted by Gasteiger charge is 2.29. The summed E-state index contributed by atoms with van der Waals surface area (Å²) in [5.74, 6) is 0.312. The summed E-state index contributed by atoms with van der Waals surface area (Å²) in [5.41, 5.74) is 2.76. The van der Waals surface area contributed by atoms with E-state index in [9.17, 15) is 14.0 Å². The average molecular weight is 323 g/mol. The molecule has 0 saturated heterocycles. The first-order valence-electron chi connectivity index (χ1n) is 5.38. The summed E-state index contributed by atoms with van der Waals surface area (Å²) >= 11 is 5.91. The van der Waals surface area contributed by atoms with E-state index < -0.39 is 21.0 Å². The fourth-order valence-corrected chi connectivity index (χ4v) is 4.56. The number of rotatable bonds is 3. The van der Waals surface area contributed by atoms with Crippen LogP contribution in [-0.4, -0.2) is 10.7 Å². The number of benzene rings is 1. The molecule has 7 heteroatoms. The molecule has 4 nitrogen and oxygen atoms in total. The summed E-state index contributed by atoms with van der Waals surface area (Å²) in [6, 6.07) is 5.53. The van der Waals surface area contributed by atoms with Crippen molar-refractivity contribution in [1.29, 1.82) is 0 Å². The zero-order valence-electron chi connectivity index (χ0n) is 10.3. The van der Waals surface area contributed by atoms with Crippen LogP contribution < -0.4 is 14.0 Å². The first-order chi connectivity index (χ1) is 8.81. The fraction of sp³-hybridized carbons (Fsp3) is 0.250. The van der Waals surface area contributed by atoms with Gasteiger partial charge in [-0.15, -0.1) is 11.6 Å². The molecular formula is C12H12Cl2O4S. The standard InChI is InChI=1S/C12H12Cl2O4S/c1-8-3-4-12-11(5-8)10(7-13)6-9(2)19(12)18-14(15,16)17/h3-6H,7H2,1-2H3. The smallest absolute Gasteiger partial charge is 0.143 e. The highest BCUT2D eigenvalue weighted by Crippen LogP contribution is 2.41. The van der Waals surface area contributed by atoms with Crippen LogP contribution in [0.3, 0.4) is 0 Å². The van der Waals surface area contributed by atoms with Gasteiger partial charge in [-0.1, -0.05) is 17.7 Å². The highest BCUT2D eigenvalue weighted by atomic mass is 35.7. The zero-order valence-corrected chi connectivity index (χ0v) is 12.6. The quantitative estimate of drug-likeness (QED) is 0.591. The Balaban J connectivity index is 2.59. The highest BCUT2D eigenvalue weighted by molar-refractivity contribution is 8.12. The molecule has 104 valence electrons. The summed E-state index contributed by atoms with van der Waals surface area (Å²) in [7, 11) is -5.67. The van der Waals surface area contributed by atoms with E-state index in [1.807, 2.05) is 19.1 Å². The fourth-order valence-electron chi connectivity index (χ4n) is 1.88. The van der Waals surface area contributed by atoms with Crippen LogP contribution in [0.15, 0.2) is 29.2 Å². The predicted molar refractivity (Wildman–Crippen MR) is 67.5 cm³/mol. The van der Waals surface area contributed by atoms with Gasteiger partial charge in [-0.3, -0.25) is 0 Å². The van der Waals surface area contributed by atoms with Crippen LogP contribution in [0.25, 0.3) is 5.57 Å². The minimum Gasteiger partial charge on any atom is -0.182 e. The molecule has 0 amide bonds. The van der Waals surface area contributed by atoms with E-state index in [1.54, 1.807) is 19.1 Å². The molecule has 1 aromatic rings. The SMILES string of the molecule is CC1=S(O[Cl+3]([O-])([O-])[O-])c2ccc(C)cc2C(CCl)=C1. The molecule has 0 spiro atoms. The molecule has 1 unspecified atom stereocenters. The van der Waals surface area contributed by atoms with Crippen LogP contribution in [0, 0.1) is 17.2 Å². The van der Waals surface area contributed by atoms with Crippen LogP contribution in [0.4, 0.5) is 0 Å². The Morgan fingerprint density at radius 2 is 1.95 bits per heavy atom. The van der Waals surface area contributed by atoms with Crippen molar-refractivity contribution in [3.05, 3.63) is 35.4 Å². The Morgan fingerprint density at radius 3 is 2.53 bits per heavy atom. The van der Waals surface area contributed by atoms with Gasteiger partial charge in [0.05, 0.1) is 15.1 Å². The zero-order chi connectivity index (χ0) is 14.2. The minimum absolute atomic E-state index is 0.312. The third-order valence-corrected chi connectivity index (χ3v) is 5.50. The van der Waals surface area contributed by atoms with Crippen LogP contribution in [0.1, 0.15) is 18.1 Å². The van der Waals surface area contributed by atoms with Crippen molar-refractivity contribution in [2.45, 2.75) is 18.7 Å². The largest absolute Gasteiger partial charge is 0.182 e. The van der Waals surface area contributed by atoms with Gasteiger partial charge in [-0.2, -0.15) is 14.0 Å². The van der Waals surface area contributed by atoms with Gasteiger partial charge in [0.1, 0.15) is 14.5 Å². The maximum atomic E-state index is 10.8. The third kappa shape index (κ3) is 3.38. The number of hydrogen-bond acceptors (Lipinski definition) is 4. The Labute approximate surface area is 121 Å². The average Bonchev–Trinajstić information content (AvgIpc) is 2.31. The van der Waals surface area contributed by atoms with E-state index >= 15 is 0 Å². The molecule has 0 fully saturated rings. The van der Waals surface area contributed by atoms with Gasteiger partial charge in [-0.25, -0.2) is 0 Å². The lowest BCUT2D eigenvalue weighted by Gasteiger charge is -2.21. The summed E-state index contributed by atoms with van der Waals surface area (Å²) in [6.45, 7) is 3.65. The Morgan fingerprint density at radius 1 is 1.26 bits per heavy atom. The molecule has 0 aromatic heterocycles. The monoisotopic (exact) mass is 322 g/mol. The van der Waals surface area contributed by atoms with Crippen LogP contribution in [-0.2, 0) is 3.74 Å². The number of hydrogen-bond donors (Lipinski definition) is 0. The number of halogens is 2. The second-order valence-corrected chi connectivity index (χ2v) is 7.27. The molecule has 1 aliphatic rings. The molecule has 1 heterocycles. The van der Waals surface area contributed by atoms with E-state index in [0.717, 1.165) is 16.7 Å². The molecule has 0 radical (unpaired) electrons. The minimum atomic E-state index is -4.47. The molecule has 1 atom stereocenters. The normalized spacial score (nSPS) is 19.2. The van der Waals surface area contributed by atoms with Crippen molar-refractivity contribution >= 4 is 32.8 Å². The number of alkyl halides is 1. The molecule has 0 saturated carbocycles. The van der Waals surface area contributed by atoms with Crippen LogP contribution in [0.2, 0.25) is 0 Å². The molecular weight excluding hydrogens is 311 g/mol. The number of allylic oxidation sites excluding steroid dienone is 2. The Hall–Kier alpha value is -0.400. The molecule has 0 bridgehead atoms. The van der Waals surface area contributed by atoms with E-state index in [4.69, 9.17) is 11.6 Å². The second kappa shape index (κ2) is 5.54. The van der Waals surface area contributed by atoms with Gasteiger partial charge in [0.25, 0.3) is 0 Å². The van der Waals surface area contributed by atoms with Gasteiger partial charge in [0.15, 0.2) is 0 Å². The molecule has 1 aromatic carbocycles. The molecule has 0 N–H and O–H groups in total. The number of fused-ring (bicyclic) bond motifs is 1. The van der Waals surface area contributed by atoms with Gasteiger partial charge in [0, 0.05) is 10.7 Å². The van der Waals surface area contributed by atoms with Gasteiger partial charge < -0.3 is 0 Å². The number of aryl methyl sites for hydroxylation is 1. The molecule has 0 aliphatic carbocycles. The first-order valence-corrected chi connectivity index (χ1v) is 8.30. The first kappa shape index (κ1) is 15.0. The van der Waals surface area contributed by atoms with Crippen molar-refractivity contribution < 1.29 is 28.0 Å². The summed E-state index contributed by atoms with van der Waals surface area (Å²) in [4.78, 5) is 1.34. The van der Waals surface area contributed by atoms with E-state index in [1.165, 1.54) is 0 Å². The summed E-state index contributed by atoms with van der Waals surface area (Å²) in [5, 5.41) is 0. The maximum absolute atomic E-state index is 10.8. The Kier molecular flexibility index (Phi) is 4.37. The van der Waals surface area contributed by atoms with E-state index in [0.29, 0.717) is 15.6 Å². The van der Waals surface area contributed by atoms with Crippen molar-refractivity contribution in [1.82, 2.24) is 0 Å². The molecule has 2 rings (SSSR count). The van der Waals surface area contributed by atoms with Gasteiger partial charge in [-0.05, 0) is 37.1 Å². The van der Waals surface area contributed by atoms with Crippen molar-refractivity contribution in [2.75, 3.05) is 5.88 Å². The lowest BCUT2D eigenvalue weighted by Crippen LogP contribution is -2.60. The lowest BCUT2D eigenvalue weighted by molar-refractivity contribution is -1.91.